The Labute approximate surface area is 128 Å². The van der Waals surface area contributed by atoms with Gasteiger partial charge in [-0.25, -0.2) is 0 Å². The number of piperidine rings is 1. The van der Waals surface area contributed by atoms with E-state index in [1.54, 1.807) is 17.9 Å². The highest BCUT2D eigenvalue weighted by molar-refractivity contribution is 5.79. The summed E-state index contributed by atoms with van der Waals surface area (Å²) in [4.78, 5) is 14.1. The maximum Gasteiger partial charge on any atom is 0.416 e. The Morgan fingerprint density at radius 3 is 2.82 bits per heavy atom. The van der Waals surface area contributed by atoms with E-state index in [2.05, 4.69) is 0 Å². The molecule has 3 nitrogen and oxygen atoms in total. The number of carbonyl (C=O) groups is 1. The van der Waals surface area contributed by atoms with E-state index in [1.165, 1.54) is 6.07 Å². The first-order valence-corrected chi connectivity index (χ1v) is 7.48. The van der Waals surface area contributed by atoms with E-state index in [0.29, 0.717) is 25.1 Å². The summed E-state index contributed by atoms with van der Waals surface area (Å²) in [5.41, 5.74) is 5.71. The Morgan fingerprint density at radius 1 is 1.45 bits per heavy atom. The van der Waals surface area contributed by atoms with Gasteiger partial charge in [0.1, 0.15) is 0 Å². The van der Waals surface area contributed by atoms with Crippen LogP contribution in [0.25, 0.3) is 0 Å². The van der Waals surface area contributed by atoms with Crippen LogP contribution in [0.4, 0.5) is 13.2 Å². The van der Waals surface area contributed by atoms with Crippen LogP contribution < -0.4 is 5.73 Å². The summed E-state index contributed by atoms with van der Waals surface area (Å²) in [6, 6.07) is 5.16. The highest BCUT2D eigenvalue weighted by Crippen LogP contribution is 2.30. The van der Waals surface area contributed by atoms with Crippen molar-refractivity contribution in [2.24, 2.45) is 11.7 Å². The first-order chi connectivity index (χ1) is 10.3. The fourth-order valence-electron chi connectivity index (χ4n) is 2.84. The standard InChI is InChI=1S/C16H21F3N2O/c1-11(15(22)21-7-3-6-14(20)10-21)8-12-4-2-5-13(9-12)16(17,18)19/h2,4-5,9,11,14H,3,6-8,10,20H2,1H3/t11-,14-/m1/s1. The van der Waals surface area contributed by atoms with Crippen molar-refractivity contribution in [1.82, 2.24) is 4.90 Å². The number of rotatable bonds is 3. The van der Waals surface area contributed by atoms with Crippen LogP contribution in [0.3, 0.4) is 0 Å². The number of nitrogens with zero attached hydrogens (tertiary/aromatic N) is 1. The summed E-state index contributed by atoms with van der Waals surface area (Å²) in [6.45, 7) is 2.97. The molecule has 6 heteroatoms. The van der Waals surface area contributed by atoms with Crippen molar-refractivity contribution < 1.29 is 18.0 Å². The molecule has 1 heterocycles. The van der Waals surface area contributed by atoms with E-state index in [9.17, 15) is 18.0 Å². The zero-order valence-corrected chi connectivity index (χ0v) is 12.6. The second-order valence-corrected chi connectivity index (χ2v) is 5.99. The molecular weight excluding hydrogens is 293 g/mol. The molecule has 2 rings (SSSR count). The van der Waals surface area contributed by atoms with Gasteiger partial charge in [0.25, 0.3) is 0 Å². The Kier molecular flexibility index (Phi) is 5.11. The minimum absolute atomic E-state index is 0.00143. The van der Waals surface area contributed by atoms with Gasteiger partial charge in [-0.05, 0) is 30.9 Å². The van der Waals surface area contributed by atoms with Crippen molar-refractivity contribution in [2.75, 3.05) is 13.1 Å². The van der Waals surface area contributed by atoms with Gasteiger partial charge in [0.2, 0.25) is 5.91 Å². The number of nitrogens with two attached hydrogens (primary N) is 1. The number of hydrogen-bond acceptors (Lipinski definition) is 2. The molecule has 0 unspecified atom stereocenters. The van der Waals surface area contributed by atoms with Crippen molar-refractivity contribution in [2.45, 2.75) is 38.4 Å². The quantitative estimate of drug-likeness (QED) is 0.932. The number of alkyl halides is 3. The summed E-state index contributed by atoms with van der Waals surface area (Å²) in [5, 5.41) is 0. The normalized spacial score (nSPS) is 20.8. The minimum Gasteiger partial charge on any atom is -0.341 e. The molecule has 0 spiro atoms. The zero-order valence-electron chi connectivity index (χ0n) is 12.6. The number of benzene rings is 1. The van der Waals surface area contributed by atoms with E-state index in [0.717, 1.165) is 25.0 Å². The third-order valence-corrected chi connectivity index (χ3v) is 3.99. The average molecular weight is 314 g/mol. The molecule has 1 aromatic rings. The largest absolute Gasteiger partial charge is 0.416 e. The molecule has 0 aromatic heterocycles. The van der Waals surface area contributed by atoms with Crippen LogP contribution in [-0.2, 0) is 17.4 Å². The second-order valence-electron chi connectivity index (χ2n) is 5.99. The Hall–Kier alpha value is -1.56. The van der Waals surface area contributed by atoms with Crippen LogP contribution in [0.5, 0.6) is 0 Å². The molecule has 1 saturated heterocycles. The van der Waals surface area contributed by atoms with Crippen LogP contribution in [0.2, 0.25) is 0 Å². The summed E-state index contributed by atoms with van der Waals surface area (Å²) in [6.07, 6.45) is -2.27. The summed E-state index contributed by atoms with van der Waals surface area (Å²) in [7, 11) is 0. The number of halogens is 3. The van der Waals surface area contributed by atoms with Crippen molar-refractivity contribution in [1.29, 1.82) is 0 Å². The van der Waals surface area contributed by atoms with Gasteiger partial charge in [0, 0.05) is 25.0 Å². The Bertz CT molecular complexity index is 530. The van der Waals surface area contributed by atoms with Crippen LogP contribution in [0.1, 0.15) is 30.9 Å². The molecular formula is C16H21F3N2O. The monoisotopic (exact) mass is 314 g/mol. The van der Waals surface area contributed by atoms with Crippen molar-refractivity contribution in [3.05, 3.63) is 35.4 Å². The Morgan fingerprint density at radius 2 is 2.18 bits per heavy atom. The van der Waals surface area contributed by atoms with Gasteiger partial charge in [0.05, 0.1) is 5.56 Å². The number of carbonyl (C=O) groups excluding carboxylic acids is 1. The van der Waals surface area contributed by atoms with Crippen LogP contribution in [0.15, 0.2) is 24.3 Å². The molecule has 1 aliphatic rings. The molecule has 2 atom stereocenters. The number of amides is 1. The lowest BCUT2D eigenvalue weighted by molar-refractivity contribution is -0.137. The molecule has 0 aliphatic carbocycles. The smallest absolute Gasteiger partial charge is 0.341 e. The molecule has 1 fully saturated rings. The van der Waals surface area contributed by atoms with E-state index in [1.807, 2.05) is 0 Å². The number of likely N-dealkylation sites (tertiary alicyclic amines) is 1. The third kappa shape index (κ3) is 4.22. The van der Waals surface area contributed by atoms with Gasteiger partial charge in [0.15, 0.2) is 0 Å². The summed E-state index contributed by atoms with van der Waals surface area (Å²) >= 11 is 0. The molecule has 2 N–H and O–H groups in total. The van der Waals surface area contributed by atoms with E-state index >= 15 is 0 Å². The topological polar surface area (TPSA) is 46.3 Å². The SMILES string of the molecule is C[C@H](Cc1cccc(C(F)(F)F)c1)C(=O)N1CCC[C@@H](N)C1. The highest BCUT2D eigenvalue weighted by Gasteiger charge is 2.31. The van der Waals surface area contributed by atoms with Crippen LogP contribution in [-0.4, -0.2) is 29.9 Å². The molecule has 1 aromatic carbocycles. The van der Waals surface area contributed by atoms with Crippen LogP contribution in [0, 0.1) is 5.92 Å². The fourth-order valence-corrected chi connectivity index (χ4v) is 2.84. The van der Waals surface area contributed by atoms with Crippen molar-refractivity contribution >= 4 is 5.91 Å². The van der Waals surface area contributed by atoms with Gasteiger partial charge in [-0.1, -0.05) is 25.1 Å². The summed E-state index contributed by atoms with van der Waals surface area (Å²) < 4.78 is 38.1. The lowest BCUT2D eigenvalue weighted by atomic mass is 9.96. The maximum absolute atomic E-state index is 12.7. The zero-order chi connectivity index (χ0) is 16.3. The van der Waals surface area contributed by atoms with Crippen molar-refractivity contribution in [3.8, 4) is 0 Å². The maximum atomic E-state index is 12.7. The number of hydrogen-bond donors (Lipinski definition) is 1. The van der Waals surface area contributed by atoms with Gasteiger partial charge >= 0.3 is 6.18 Å². The van der Waals surface area contributed by atoms with Gasteiger partial charge in [-0.15, -0.1) is 0 Å². The lowest BCUT2D eigenvalue weighted by Crippen LogP contribution is -2.47. The third-order valence-electron chi connectivity index (χ3n) is 3.99. The minimum atomic E-state index is -4.36. The molecule has 0 radical (unpaired) electrons. The average Bonchev–Trinajstić information content (AvgIpc) is 2.46. The van der Waals surface area contributed by atoms with Crippen LogP contribution >= 0.6 is 0 Å². The summed E-state index contributed by atoms with van der Waals surface area (Å²) in [5.74, 6) is -0.388. The molecule has 122 valence electrons. The predicted octanol–water partition coefficient (Wildman–Crippen LogP) is 2.83. The van der Waals surface area contributed by atoms with Gasteiger partial charge in [-0.2, -0.15) is 13.2 Å². The second kappa shape index (κ2) is 6.69. The lowest BCUT2D eigenvalue weighted by Gasteiger charge is -2.32. The molecule has 1 amide bonds. The van der Waals surface area contributed by atoms with Gasteiger partial charge in [-0.3, -0.25) is 4.79 Å². The molecule has 22 heavy (non-hydrogen) atoms. The Balaban J connectivity index is 2.02. The van der Waals surface area contributed by atoms with Gasteiger partial charge < -0.3 is 10.6 Å². The highest BCUT2D eigenvalue weighted by atomic mass is 19.4. The first-order valence-electron chi connectivity index (χ1n) is 7.48. The predicted molar refractivity (Wildman–Crippen MR) is 78.1 cm³/mol. The van der Waals surface area contributed by atoms with Crippen molar-refractivity contribution in [3.63, 3.8) is 0 Å². The molecule has 0 saturated carbocycles. The molecule has 0 bridgehead atoms. The van der Waals surface area contributed by atoms with E-state index in [4.69, 9.17) is 5.73 Å². The first kappa shape index (κ1) is 16.8. The van der Waals surface area contributed by atoms with E-state index in [-0.39, 0.29) is 17.9 Å². The van der Waals surface area contributed by atoms with E-state index < -0.39 is 11.7 Å². The fraction of sp³-hybridized carbons (Fsp3) is 0.562. The molecule has 1 aliphatic heterocycles.